The number of rotatable bonds is 8. The first kappa shape index (κ1) is 16.1. The van der Waals surface area contributed by atoms with E-state index in [0.717, 1.165) is 31.0 Å². The van der Waals surface area contributed by atoms with E-state index in [9.17, 15) is 4.79 Å². The first-order valence-corrected chi connectivity index (χ1v) is 7.82. The molecule has 4 heteroatoms. The van der Waals surface area contributed by atoms with Crippen molar-refractivity contribution in [1.29, 1.82) is 0 Å². The van der Waals surface area contributed by atoms with Crippen molar-refractivity contribution < 1.29 is 4.79 Å². The summed E-state index contributed by atoms with van der Waals surface area (Å²) in [6.45, 7) is 6.85. The maximum absolute atomic E-state index is 11.7. The van der Waals surface area contributed by atoms with Crippen molar-refractivity contribution >= 4 is 17.7 Å². The van der Waals surface area contributed by atoms with Crippen LogP contribution in [0.15, 0.2) is 29.2 Å². The van der Waals surface area contributed by atoms with E-state index in [1.54, 1.807) is 16.7 Å². The van der Waals surface area contributed by atoms with Gasteiger partial charge in [0.15, 0.2) is 0 Å². The first-order chi connectivity index (χ1) is 9.17. The van der Waals surface area contributed by atoms with E-state index in [1.807, 2.05) is 14.0 Å². The Morgan fingerprint density at radius 2 is 2.16 bits per heavy atom. The molecule has 0 atom stereocenters. The fraction of sp³-hybridized carbons (Fsp3) is 0.533. The second-order valence-corrected chi connectivity index (χ2v) is 5.57. The highest BCUT2D eigenvalue weighted by Gasteiger charge is 2.07. The fourth-order valence-corrected chi connectivity index (χ4v) is 2.51. The Bertz CT molecular complexity index is 395. The molecule has 1 N–H and O–H groups in total. The van der Waals surface area contributed by atoms with Gasteiger partial charge >= 0.3 is 0 Å². The van der Waals surface area contributed by atoms with Crippen LogP contribution >= 0.6 is 11.8 Å². The lowest BCUT2D eigenvalue weighted by molar-refractivity contribution is -0.126. The van der Waals surface area contributed by atoms with Gasteiger partial charge in [-0.1, -0.05) is 19.1 Å². The predicted octanol–water partition coefficient (Wildman–Crippen LogP) is 2.76. The van der Waals surface area contributed by atoms with E-state index < -0.39 is 0 Å². The van der Waals surface area contributed by atoms with Gasteiger partial charge in [-0.15, -0.1) is 11.8 Å². The number of benzene rings is 1. The summed E-state index contributed by atoms with van der Waals surface area (Å²) >= 11 is 1.61. The highest BCUT2D eigenvalue weighted by Crippen LogP contribution is 2.19. The van der Waals surface area contributed by atoms with Gasteiger partial charge in [-0.05, 0) is 37.6 Å². The topological polar surface area (TPSA) is 32.3 Å². The van der Waals surface area contributed by atoms with Crippen LogP contribution in [0.1, 0.15) is 25.8 Å². The third-order valence-corrected chi connectivity index (χ3v) is 3.90. The number of carbonyl (C=O) groups is 1. The van der Waals surface area contributed by atoms with Gasteiger partial charge in [-0.3, -0.25) is 4.79 Å². The van der Waals surface area contributed by atoms with Gasteiger partial charge in [0, 0.05) is 25.0 Å². The van der Waals surface area contributed by atoms with Gasteiger partial charge in [-0.2, -0.15) is 0 Å². The summed E-state index contributed by atoms with van der Waals surface area (Å²) in [5.74, 6) is 0.693. The molecule has 0 spiro atoms. The third kappa shape index (κ3) is 6.12. The Morgan fingerprint density at radius 1 is 1.37 bits per heavy atom. The van der Waals surface area contributed by atoms with Crippen molar-refractivity contribution in [2.75, 3.05) is 25.9 Å². The summed E-state index contributed by atoms with van der Waals surface area (Å²) in [6.07, 6.45) is 1.15. The molecule has 0 radical (unpaired) electrons. The molecule has 0 saturated carbocycles. The van der Waals surface area contributed by atoms with Crippen LogP contribution < -0.4 is 5.32 Å². The number of nitrogens with zero attached hydrogens (tertiary/aromatic N) is 1. The Hall–Kier alpha value is -1.00. The van der Waals surface area contributed by atoms with E-state index in [-0.39, 0.29) is 5.91 Å². The minimum atomic E-state index is 0.182. The molecular weight excluding hydrogens is 256 g/mol. The van der Waals surface area contributed by atoms with Crippen LogP contribution in [0, 0.1) is 0 Å². The number of nitrogens with one attached hydrogen (secondary N) is 1. The monoisotopic (exact) mass is 280 g/mol. The lowest BCUT2D eigenvalue weighted by atomic mass is 10.2. The standard InChI is InChI=1S/C15H24N2OS/c1-4-9-16-11-13-7-6-8-14(10-13)19-12-15(18)17(3)5-2/h6-8,10,16H,4-5,9,11-12H2,1-3H3. The minimum absolute atomic E-state index is 0.182. The maximum atomic E-state index is 11.7. The van der Waals surface area contributed by atoms with Gasteiger partial charge < -0.3 is 10.2 Å². The van der Waals surface area contributed by atoms with Crippen LogP contribution in [0.25, 0.3) is 0 Å². The van der Waals surface area contributed by atoms with Crippen LogP contribution in [-0.2, 0) is 11.3 Å². The van der Waals surface area contributed by atoms with Crippen LogP contribution in [0.3, 0.4) is 0 Å². The summed E-state index contributed by atoms with van der Waals surface area (Å²) in [7, 11) is 1.84. The molecule has 0 heterocycles. The quantitative estimate of drug-likeness (QED) is 0.587. The summed E-state index contributed by atoms with van der Waals surface area (Å²) in [5, 5.41) is 3.39. The van der Waals surface area contributed by atoms with Gasteiger partial charge in [0.05, 0.1) is 5.75 Å². The molecule has 1 aromatic carbocycles. The maximum Gasteiger partial charge on any atom is 0.232 e. The Kier molecular flexibility index (Phi) is 7.60. The average molecular weight is 280 g/mol. The molecule has 0 saturated heterocycles. The van der Waals surface area contributed by atoms with E-state index in [4.69, 9.17) is 0 Å². The molecule has 1 rings (SSSR count). The highest BCUT2D eigenvalue weighted by atomic mass is 32.2. The van der Waals surface area contributed by atoms with Crippen molar-refractivity contribution in [2.24, 2.45) is 0 Å². The molecule has 0 aliphatic carbocycles. The first-order valence-electron chi connectivity index (χ1n) is 6.83. The second-order valence-electron chi connectivity index (χ2n) is 4.52. The van der Waals surface area contributed by atoms with Crippen molar-refractivity contribution in [2.45, 2.75) is 31.7 Å². The molecule has 0 unspecified atom stereocenters. The summed E-state index contributed by atoms with van der Waals surface area (Å²) in [5.41, 5.74) is 1.27. The lowest BCUT2D eigenvalue weighted by Gasteiger charge is -2.14. The molecule has 0 fully saturated rings. The number of hydrogen-bond donors (Lipinski definition) is 1. The average Bonchev–Trinajstić information content (AvgIpc) is 2.44. The fourth-order valence-electron chi connectivity index (χ4n) is 1.59. The van der Waals surface area contributed by atoms with Gasteiger partial charge in [0.2, 0.25) is 5.91 Å². The van der Waals surface area contributed by atoms with Crippen LogP contribution in [0.5, 0.6) is 0 Å². The zero-order valence-corrected chi connectivity index (χ0v) is 12.9. The predicted molar refractivity (Wildman–Crippen MR) is 82.5 cm³/mol. The van der Waals surface area contributed by atoms with Gasteiger partial charge in [-0.25, -0.2) is 0 Å². The Balaban J connectivity index is 2.45. The largest absolute Gasteiger partial charge is 0.345 e. The number of carbonyl (C=O) groups excluding carboxylic acids is 1. The molecule has 0 aliphatic rings. The van der Waals surface area contributed by atoms with Gasteiger partial charge in [0.25, 0.3) is 0 Å². The molecule has 1 amide bonds. The molecule has 19 heavy (non-hydrogen) atoms. The van der Waals surface area contributed by atoms with Crippen molar-refractivity contribution in [3.8, 4) is 0 Å². The zero-order valence-electron chi connectivity index (χ0n) is 12.1. The third-order valence-electron chi connectivity index (χ3n) is 2.92. The molecule has 0 bridgehead atoms. The van der Waals surface area contributed by atoms with Gasteiger partial charge in [0.1, 0.15) is 0 Å². The molecule has 106 valence electrons. The minimum Gasteiger partial charge on any atom is -0.345 e. The van der Waals surface area contributed by atoms with Crippen LogP contribution in [-0.4, -0.2) is 36.7 Å². The van der Waals surface area contributed by atoms with E-state index >= 15 is 0 Å². The van der Waals surface area contributed by atoms with Crippen LogP contribution in [0.2, 0.25) is 0 Å². The summed E-state index contributed by atoms with van der Waals surface area (Å²) < 4.78 is 0. The van der Waals surface area contributed by atoms with E-state index in [0.29, 0.717) is 5.75 Å². The highest BCUT2D eigenvalue weighted by molar-refractivity contribution is 8.00. The molecule has 3 nitrogen and oxygen atoms in total. The van der Waals surface area contributed by atoms with Crippen molar-refractivity contribution in [1.82, 2.24) is 10.2 Å². The Labute approximate surface area is 120 Å². The molecule has 0 aliphatic heterocycles. The number of amides is 1. The van der Waals surface area contributed by atoms with E-state index in [2.05, 4.69) is 36.5 Å². The second kappa shape index (κ2) is 8.99. The van der Waals surface area contributed by atoms with Crippen LogP contribution in [0.4, 0.5) is 0 Å². The smallest absolute Gasteiger partial charge is 0.232 e. The molecular formula is C15H24N2OS. The number of thioether (sulfide) groups is 1. The number of hydrogen-bond acceptors (Lipinski definition) is 3. The summed E-state index contributed by atoms with van der Waals surface area (Å²) in [6, 6.07) is 8.39. The lowest BCUT2D eigenvalue weighted by Crippen LogP contribution is -2.27. The van der Waals surface area contributed by atoms with Crippen molar-refractivity contribution in [3.63, 3.8) is 0 Å². The van der Waals surface area contributed by atoms with E-state index in [1.165, 1.54) is 5.56 Å². The summed E-state index contributed by atoms with van der Waals surface area (Å²) in [4.78, 5) is 14.6. The zero-order chi connectivity index (χ0) is 14.1. The molecule has 0 aromatic heterocycles. The van der Waals surface area contributed by atoms with Crippen molar-refractivity contribution in [3.05, 3.63) is 29.8 Å². The SMILES string of the molecule is CCCNCc1cccc(SCC(=O)N(C)CC)c1. The molecule has 1 aromatic rings. The Morgan fingerprint density at radius 3 is 2.84 bits per heavy atom. The normalized spacial score (nSPS) is 10.5.